The molecule has 116 valence electrons. The quantitative estimate of drug-likeness (QED) is 0.800. The predicted molar refractivity (Wildman–Crippen MR) is 86.7 cm³/mol. The molecule has 0 aliphatic heterocycles. The van der Waals surface area contributed by atoms with Gasteiger partial charge in [-0.25, -0.2) is 0 Å². The molecular weight excluding hydrogens is 304 g/mol. The zero-order chi connectivity index (χ0) is 15.9. The molecule has 0 aliphatic carbocycles. The molecule has 22 heavy (non-hydrogen) atoms. The molecule has 0 spiro atoms. The Morgan fingerprint density at radius 3 is 2.59 bits per heavy atom. The zero-order valence-electron chi connectivity index (χ0n) is 12.4. The number of anilines is 1. The molecule has 2 aromatic rings. The van der Waals surface area contributed by atoms with E-state index in [1.165, 1.54) is 13.2 Å². The summed E-state index contributed by atoms with van der Waals surface area (Å²) >= 11 is 6.15. The number of hydrazine groups is 1. The number of para-hydroxylation sites is 1. The number of carbonyl (C=O) groups is 1. The lowest BCUT2D eigenvalue weighted by Crippen LogP contribution is -2.29. The maximum absolute atomic E-state index is 12.2. The number of rotatable bonds is 6. The molecule has 1 amide bonds. The number of methoxy groups -OCH3 is 1. The minimum Gasteiger partial charge on any atom is -0.493 e. The molecule has 0 unspecified atom stereocenters. The van der Waals surface area contributed by atoms with Crippen molar-refractivity contribution in [3.63, 3.8) is 0 Å². The van der Waals surface area contributed by atoms with Gasteiger partial charge in [-0.2, -0.15) is 0 Å². The topological polar surface area (TPSA) is 59.6 Å². The van der Waals surface area contributed by atoms with Gasteiger partial charge in [0.25, 0.3) is 5.91 Å². The van der Waals surface area contributed by atoms with Crippen molar-refractivity contribution in [3.8, 4) is 11.5 Å². The van der Waals surface area contributed by atoms with Crippen LogP contribution in [0.3, 0.4) is 0 Å². The first-order valence-electron chi connectivity index (χ1n) is 6.77. The Bertz CT molecular complexity index is 647. The van der Waals surface area contributed by atoms with Crippen LogP contribution in [0.2, 0.25) is 5.02 Å². The van der Waals surface area contributed by atoms with Crippen molar-refractivity contribution in [2.45, 2.75) is 6.92 Å². The highest BCUT2D eigenvalue weighted by atomic mass is 35.5. The van der Waals surface area contributed by atoms with Crippen molar-refractivity contribution < 1.29 is 14.3 Å². The Morgan fingerprint density at radius 1 is 1.23 bits per heavy atom. The standard InChI is InChI=1S/C16H17ClN2O3/c1-3-22-15-13(17)9-11(10-14(15)21-2)16(20)19-18-12-7-5-4-6-8-12/h4-10,18H,3H2,1-2H3,(H,19,20). The van der Waals surface area contributed by atoms with Gasteiger partial charge in [-0.3, -0.25) is 15.6 Å². The number of hydrogen-bond acceptors (Lipinski definition) is 4. The predicted octanol–water partition coefficient (Wildman–Crippen LogP) is 3.50. The summed E-state index contributed by atoms with van der Waals surface area (Å²) in [6.45, 7) is 2.30. The summed E-state index contributed by atoms with van der Waals surface area (Å²) in [7, 11) is 1.50. The largest absolute Gasteiger partial charge is 0.493 e. The maximum Gasteiger partial charge on any atom is 0.269 e. The van der Waals surface area contributed by atoms with Crippen LogP contribution in [0.1, 0.15) is 17.3 Å². The molecular formula is C16H17ClN2O3. The third kappa shape index (κ3) is 3.83. The number of amides is 1. The van der Waals surface area contributed by atoms with Gasteiger partial charge >= 0.3 is 0 Å². The summed E-state index contributed by atoms with van der Waals surface area (Å²) in [5.41, 5.74) is 6.57. The van der Waals surface area contributed by atoms with Crippen LogP contribution in [0.5, 0.6) is 11.5 Å². The molecule has 0 aliphatic rings. The minimum absolute atomic E-state index is 0.325. The van der Waals surface area contributed by atoms with Crippen molar-refractivity contribution >= 4 is 23.2 Å². The van der Waals surface area contributed by atoms with Gasteiger partial charge in [0, 0.05) is 5.56 Å². The molecule has 2 rings (SSSR count). The highest BCUT2D eigenvalue weighted by Crippen LogP contribution is 2.36. The molecule has 2 N–H and O–H groups in total. The Labute approximate surface area is 134 Å². The fourth-order valence-corrected chi connectivity index (χ4v) is 2.12. The molecule has 0 atom stereocenters. The van der Waals surface area contributed by atoms with Crippen molar-refractivity contribution in [1.29, 1.82) is 0 Å². The van der Waals surface area contributed by atoms with Crippen molar-refractivity contribution in [3.05, 3.63) is 53.1 Å². The van der Waals surface area contributed by atoms with E-state index in [9.17, 15) is 4.79 Å². The second kappa shape index (κ2) is 7.56. The van der Waals surface area contributed by atoms with Crippen LogP contribution in [0.4, 0.5) is 5.69 Å². The first kappa shape index (κ1) is 16.0. The van der Waals surface area contributed by atoms with Crippen LogP contribution in [-0.2, 0) is 0 Å². The van der Waals surface area contributed by atoms with Crippen LogP contribution < -0.4 is 20.3 Å². The summed E-state index contributed by atoms with van der Waals surface area (Å²) in [4.78, 5) is 12.2. The number of benzene rings is 2. The Kier molecular flexibility index (Phi) is 5.49. The Balaban J connectivity index is 2.14. The summed E-state index contributed by atoms with van der Waals surface area (Å²) in [6, 6.07) is 12.4. The van der Waals surface area contributed by atoms with E-state index >= 15 is 0 Å². The molecule has 6 heteroatoms. The van der Waals surface area contributed by atoms with E-state index in [1.807, 2.05) is 37.3 Å². The van der Waals surface area contributed by atoms with Crippen LogP contribution in [0.25, 0.3) is 0 Å². The zero-order valence-corrected chi connectivity index (χ0v) is 13.1. The van der Waals surface area contributed by atoms with E-state index in [4.69, 9.17) is 21.1 Å². The monoisotopic (exact) mass is 320 g/mol. The van der Waals surface area contributed by atoms with Gasteiger partial charge in [-0.15, -0.1) is 0 Å². The molecule has 0 saturated carbocycles. The summed E-state index contributed by atoms with van der Waals surface area (Å²) in [5, 5.41) is 0.325. The van der Waals surface area contributed by atoms with Crippen molar-refractivity contribution in [1.82, 2.24) is 5.43 Å². The third-order valence-corrected chi connectivity index (χ3v) is 3.16. The maximum atomic E-state index is 12.2. The Hall–Kier alpha value is -2.40. The number of nitrogens with one attached hydrogen (secondary N) is 2. The SMILES string of the molecule is CCOc1c(Cl)cc(C(=O)NNc2ccccc2)cc1OC. The molecule has 0 heterocycles. The lowest BCUT2D eigenvalue weighted by atomic mass is 10.2. The van der Waals surface area contributed by atoms with E-state index in [1.54, 1.807) is 6.07 Å². The molecule has 2 aromatic carbocycles. The third-order valence-electron chi connectivity index (χ3n) is 2.87. The van der Waals surface area contributed by atoms with Crippen molar-refractivity contribution in [2.75, 3.05) is 19.1 Å². The van der Waals surface area contributed by atoms with Gasteiger partial charge in [0.1, 0.15) is 0 Å². The van der Waals surface area contributed by atoms with Gasteiger partial charge < -0.3 is 9.47 Å². The van der Waals surface area contributed by atoms with Crippen LogP contribution in [0.15, 0.2) is 42.5 Å². The van der Waals surface area contributed by atoms with E-state index in [0.29, 0.717) is 28.7 Å². The highest BCUT2D eigenvalue weighted by molar-refractivity contribution is 6.32. The molecule has 0 aromatic heterocycles. The number of carbonyl (C=O) groups excluding carboxylic acids is 1. The van der Waals surface area contributed by atoms with Crippen LogP contribution in [0, 0.1) is 0 Å². The lowest BCUT2D eigenvalue weighted by molar-refractivity contribution is 0.0962. The molecule has 5 nitrogen and oxygen atoms in total. The molecule has 0 radical (unpaired) electrons. The van der Waals surface area contributed by atoms with E-state index in [0.717, 1.165) is 5.69 Å². The summed E-state index contributed by atoms with van der Waals surface area (Å²) in [5.74, 6) is 0.519. The lowest BCUT2D eigenvalue weighted by Gasteiger charge is -2.13. The number of hydrogen-bond donors (Lipinski definition) is 2. The van der Waals surface area contributed by atoms with Gasteiger partial charge in [-0.1, -0.05) is 29.8 Å². The fraction of sp³-hybridized carbons (Fsp3) is 0.188. The van der Waals surface area contributed by atoms with Gasteiger partial charge in [-0.05, 0) is 31.2 Å². The average molecular weight is 321 g/mol. The van der Waals surface area contributed by atoms with E-state index in [2.05, 4.69) is 10.9 Å². The van der Waals surface area contributed by atoms with Crippen LogP contribution >= 0.6 is 11.6 Å². The number of halogens is 1. The first-order valence-corrected chi connectivity index (χ1v) is 7.15. The molecule has 0 fully saturated rings. The van der Waals surface area contributed by atoms with Crippen LogP contribution in [-0.4, -0.2) is 19.6 Å². The average Bonchev–Trinajstić information content (AvgIpc) is 2.55. The Morgan fingerprint density at radius 2 is 1.95 bits per heavy atom. The summed E-state index contributed by atoms with van der Waals surface area (Å²) in [6.07, 6.45) is 0. The summed E-state index contributed by atoms with van der Waals surface area (Å²) < 4.78 is 10.6. The highest BCUT2D eigenvalue weighted by Gasteiger charge is 2.15. The molecule has 0 bridgehead atoms. The second-order valence-electron chi connectivity index (χ2n) is 4.37. The van der Waals surface area contributed by atoms with Gasteiger partial charge in [0.15, 0.2) is 11.5 Å². The number of ether oxygens (including phenoxy) is 2. The van der Waals surface area contributed by atoms with Gasteiger partial charge in [0.05, 0.1) is 24.4 Å². The van der Waals surface area contributed by atoms with Crippen molar-refractivity contribution in [2.24, 2.45) is 0 Å². The fourth-order valence-electron chi connectivity index (χ4n) is 1.86. The normalized spacial score (nSPS) is 9.95. The van der Waals surface area contributed by atoms with Gasteiger partial charge in [0.2, 0.25) is 0 Å². The molecule has 0 saturated heterocycles. The first-order chi connectivity index (χ1) is 10.7. The van der Waals surface area contributed by atoms with E-state index < -0.39 is 0 Å². The minimum atomic E-state index is -0.327. The smallest absolute Gasteiger partial charge is 0.269 e. The second-order valence-corrected chi connectivity index (χ2v) is 4.77. The van der Waals surface area contributed by atoms with E-state index in [-0.39, 0.29) is 5.91 Å².